The molecule has 0 aliphatic carbocycles. The number of thiophene rings is 2. The minimum Gasteiger partial charge on any atom is -0.321 e. The summed E-state index contributed by atoms with van der Waals surface area (Å²) in [5.41, 5.74) is 2.60. The highest BCUT2D eigenvalue weighted by molar-refractivity contribution is 7.10. The second-order valence-corrected chi connectivity index (χ2v) is 8.87. The van der Waals surface area contributed by atoms with Gasteiger partial charge in [0.15, 0.2) is 6.54 Å². The Morgan fingerprint density at radius 2 is 2.14 bits per heavy atom. The van der Waals surface area contributed by atoms with E-state index in [4.69, 9.17) is 0 Å². The Morgan fingerprint density at radius 3 is 2.89 bits per heavy atom. The van der Waals surface area contributed by atoms with Crippen LogP contribution in [0.2, 0.25) is 0 Å². The zero-order chi connectivity index (χ0) is 19.7. The van der Waals surface area contributed by atoms with E-state index in [1.807, 2.05) is 13.0 Å². The van der Waals surface area contributed by atoms with Gasteiger partial charge in [-0.05, 0) is 35.4 Å². The van der Waals surface area contributed by atoms with Crippen LogP contribution in [-0.2, 0) is 11.2 Å². The number of aryl methyl sites for hydroxylation is 1. The Labute approximate surface area is 170 Å². The summed E-state index contributed by atoms with van der Waals surface area (Å²) in [6.45, 7) is 3.04. The molecule has 1 amide bonds. The number of hydrogen-bond acceptors (Lipinski definition) is 5. The molecule has 0 spiro atoms. The van der Waals surface area contributed by atoms with E-state index in [-0.39, 0.29) is 17.6 Å². The smallest absolute Gasteiger partial charge is 0.279 e. The second-order valence-electron chi connectivity index (χ2n) is 6.89. The minimum absolute atomic E-state index is 0.0226. The Morgan fingerprint density at radius 1 is 1.29 bits per heavy atom. The number of non-ortho nitro benzene ring substituents is 1. The molecule has 0 bridgehead atoms. The summed E-state index contributed by atoms with van der Waals surface area (Å²) < 4.78 is 0. The van der Waals surface area contributed by atoms with E-state index in [2.05, 4.69) is 28.2 Å². The molecule has 0 radical (unpaired) electrons. The molecule has 8 heteroatoms. The molecule has 1 aromatic carbocycles. The highest BCUT2D eigenvalue weighted by Gasteiger charge is 2.35. The van der Waals surface area contributed by atoms with E-state index in [0.29, 0.717) is 12.2 Å². The molecule has 1 unspecified atom stereocenters. The molecule has 2 aromatic heterocycles. The van der Waals surface area contributed by atoms with Crippen molar-refractivity contribution in [2.24, 2.45) is 0 Å². The Kier molecular flexibility index (Phi) is 5.25. The first-order valence-corrected chi connectivity index (χ1v) is 10.8. The van der Waals surface area contributed by atoms with Crippen LogP contribution >= 0.6 is 22.7 Å². The summed E-state index contributed by atoms with van der Waals surface area (Å²) in [7, 11) is 0. The summed E-state index contributed by atoms with van der Waals surface area (Å²) in [6, 6.07) is 11.0. The highest BCUT2D eigenvalue weighted by Crippen LogP contribution is 2.31. The van der Waals surface area contributed by atoms with Crippen LogP contribution in [0.15, 0.2) is 47.2 Å². The summed E-state index contributed by atoms with van der Waals surface area (Å²) in [4.78, 5) is 27.2. The van der Waals surface area contributed by atoms with E-state index in [1.54, 1.807) is 28.7 Å². The van der Waals surface area contributed by atoms with Crippen molar-refractivity contribution in [3.8, 4) is 0 Å². The number of quaternary nitrogens is 1. The second kappa shape index (κ2) is 7.83. The predicted octanol–water partition coefficient (Wildman–Crippen LogP) is 3.20. The summed E-state index contributed by atoms with van der Waals surface area (Å²) in [6.07, 6.45) is 0.966. The average Bonchev–Trinajstić information content (AvgIpc) is 3.34. The molecule has 0 saturated carbocycles. The number of amides is 1. The van der Waals surface area contributed by atoms with Gasteiger partial charge in [-0.2, -0.15) is 0 Å². The quantitative estimate of drug-likeness (QED) is 0.497. The number of nitro groups is 1. The Bertz CT molecular complexity index is 1010. The van der Waals surface area contributed by atoms with Gasteiger partial charge in [0, 0.05) is 29.0 Å². The van der Waals surface area contributed by atoms with Crippen LogP contribution in [0.4, 0.5) is 11.4 Å². The van der Waals surface area contributed by atoms with Gasteiger partial charge < -0.3 is 10.2 Å². The SMILES string of the molecule is Cc1ccc([N+](=O)[O-])cc1NC(=O)C[NH+]1CCc2sccc2[C@H]1c1cccs1. The van der Waals surface area contributed by atoms with Crippen molar-refractivity contribution in [3.05, 3.63) is 78.2 Å². The maximum Gasteiger partial charge on any atom is 0.279 e. The summed E-state index contributed by atoms with van der Waals surface area (Å²) >= 11 is 3.50. The molecule has 1 aliphatic heterocycles. The van der Waals surface area contributed by atoms with Crippen molar-refractivity contribution in [3.63, 3.8) is 0 Å². The Hall–Kier alpha value is -2.55. The fourth-order valence-electron chi connectivity index (χ4n) is 3.71. The van der Waals surface area contributed by atoms with E-state index in [0.717, 1.165) is 18.5 Å². The molecule has 1 aliphatic rings. The maximum atomic E-state index is 12.8. The fraction of sp³-hybridized carbons (Fsp3) is 0.250. The van der Waals surface area contributed by atoms with Crippen molar-refractivity contribution < 1.29 is 14.6 Å². The number of carbonyl (C=O) groups is 1. The first kappa shape index (κ1) is 18.8. The first-order valence-electron chi connectivity index (χ1n) is 9.02. The van der Waals surface area contributed by atoms with Crippen LogP contribution in [0.1, 0.15) is 26.9 Å². The highest BCUT2D eigenvalue weighted by atomic mass is 32.1. The summed E-state index contributed by atoms with van der Waals surface area (Å²) in [5.74, 6) is -0.126. The molecule has 144 valence electrons. The zero-order valence-electron chi connectivity index (χ0n) is 15.3. The largest absolute Gasteiger partial charge is 0.321 e. The lowest BCUT2D eigenvalue weighted by molar-refractivity contribution is -0.919. The minimum atomic E-state index is -0.449. The molecule has 6 nitrogen and oxygen atoms in total. The normalized spacial score (nSPS) is 18.5. The van der Waals surface area contributed by atoms with E-state index >= 15 is 0 Å². The van der Waals surface area contributed by atoms with Crippen molar-refractivity contribution in [1.29, 1.82) is 0 Å². The van der Waals surface area contributed by atoms with Crippen molar-refractivity contribution in [2.75, 3.05) is 18.4 Å². The van der Waals surface area contributed by atoms with Crippen molar-refractivity contribution in [1.82, 2.24) is 0 Å². The molecule has 3 aromatic rings. The molecule has 0 saturated heterocycles. The van der Waals surface area contributed by atoms with Crippen LogP contribution in [0.5, 0.6) is 0 Å². The molecule has 28 heavy (non-hydrogen) atoms. The number of rotatable bonds is 5. The summed E-state index contributed by atoms with van der Waals surface area (Å²) in [5, 5.41) is 18.1. The van der Waals surface area contributed by atoms with Gasteiger partial charge in [-0.1, -0.05) is 12.1 Å². The van der Waals surface area contributed by atoms with Gasteiger partial charge in [-0.25, -0.2) is 0 Å². The van der Waals surface area contributed by atoms with Crippen LogP contribution < -0.4 is 10.2 Å². The average molecular weight is 415 g/mol. The first-order chi connectivity index (χ1) is 13.5. The van der Waals surface area contributed by atoms with Crippen LogP contribution in [0.25, 0.3) is 0 Å². The molecular weight excluding hydrogens is 394 g/mol. The number of nitrogens with one attached hydrogen (secondary N) is 2. The number of hydrogen-bond donors (Lipinski definition) is 2. The lowest BCUT2D eigenvalue weighted by Crippen LogP contribution is -3.14. The third kappa shape index (κ3) is 3.71. The van der Waals surface area contributed by atoms with Gasteiger partial charge >= 0.3 is 0 Å². The standard InChI is InChI=1S/C20H19N3O3S2/c1-13-4-5-14(23(25)26)11-16(13)21-19(24)12-22-8-6-17-15(7-10-28-17)20(22)18-3-2-9-27-18/h2-5,7,9-11,20H,6,8,12H2,1H3,(H,21,24)/p+1/t20-/m0/s1. The lowest BCUT2D eigenvalue weighted by Gasteiger charge is -2.31. The molecule has 0 fully saturated rings. The molecule has 4 rings (SSSR count). The van der Waals surface area contributed by atoms with Crippen LogP contribution in [-0.4, -0.2) is 23.9 Å². The molecule has 2 atom stereocenters. The van der Waals surface area contributed by atoms with Gasteiger partial charge in [-0.15, -0.1) is 22.7 Å². The topological polar surface area (TPSA) is 76.7 Å². The van der Waals surface area contributed by atoms with Gasteiger partial charge in [0.1, 0.15) is 6.04 Å². The van der Waals surface area contributed by atoms with Crippen molar-refractivity contribution >= 4 is 40.0 Å². The van der Waals surface area contributed by atoms with Crippen LogP contribution in [0.3, 0.4) is 0 Å². The maximum absolute atomic E-state index is 12.8. The molecule has 2 N–H and O–H groups in total. The van der Waals surface area contributed by atoms with Crippen molar-refractivity contribution in [2.45, 2.75) is 19.4 Å². The van der Waals surface area contributed by atoms with Gasteiger partial charge in [0.05, 0.1) is 22.0 Å². The number of nitro benzene ring substituents is 1. The monoisotopic (exact) mass is 414 g/mol. The third-order valence-corrected chi connectivity index (χ3v) is 7.03. The van der Waals surface area contributed by atoms with Gasteiger partial charge in [-0.3, -0.25) is 14.9 Å². The fourth-order valence-corrected chi connectivity index (χ4v) is 5.53. The Balaban J connectivity index is 1.54. The third-order valence-electron chi connectivity index (χ3n) is 5.09. The van der Waals surface area contributed by atoms with E-state index in [1.165, 1.54) is 32.4 Å². The number of carbonyl (C=O) groups excluding carboxylic acids is 1. The van der Waals surface area contributed by atoms with E-state index < -0.39 is 4.92 Å². The number of nitrogens with zero attached hydrogens (tertiary/aromatic N) is 1. The number of benzene rings is 1. The molecular formula is C20H20N3O3S2+. The number of anilines is 1. The number of fused-ring (bicyclic) bond motifs is 1. The van der Waals surface area contributed by atoms with E-state index in [9.17, 15) is 14.9 Å². The molecule has 3 heterocycles. The zero-order valence-corrected chi connectivity index (χ0v) is 16.9. The predicted molar refractivity (Wildman–Crippen MR) is 111 cm³/mol. The van der Waals surface area contributed by atoms with Crippen LogP contribution in [0, 0.1) is 17.0 Å². The van der Waals surface area contributed by atoms with Gasteiger partial charge in [0.2, 0.25) is 0 Å². The van der Waals surface area contributed by atoms with Gasteiger partial charge in [0.25, 0.3) is 11.6 Å². The lowest BCUT2D eigenvalue weighted by atomic mass is 9.98.